The fourth-order valence-corrected chi connectivity index (χ4v) is 3.59. The van der Waals surface area contributed by atoms with Crippen molar-refractivity contribution in [1.82, 2.24) is 10.2 Å². The van der Waals surface area contributed by atoms with Crippen molar-refractivity contribution in [3.8, 4) is 5.75 Å². The van der Waals surface area contributed by atoms with Gasteiger partial charge in [0, 0.05) is 25.6 Å². The van der Waals surface area contributed by atoms with Gasteiger partial charge in [-0.1, -0.05) is 24.3 Å². The van der Waals surface area contributed by atoms with E-state index in [9.17, 15) is 14.0 Å². The van der Waals surface area contributed by atoms with Gasteiger partial charge in [-0.2, -0.15) is 0 Å². The monoisotopic (exact) mass is 398 g/mol. The van der Waals surface area contributed by atoms with Crippen molar-refractivity contribution >= 4 is 11.8 Å². The average molecular weight is 398 g/mol. The summed E-state index contributed by atoms with van der Waals surface area (Å²) in [6, 6.07) is 13.9. The summed E-state index contributed by atoms with van der Waals surface area (Å²) in [6.07, 6.45) is 2.27. The lowest BCUT2D eigenvalue weighted by atomic mass is 9.95. The SMILES string of the molecule is COc1ccc(CCNC(=O)C2CCN(C(=O)Cc3cccc(F)c3)CC2)cc1. The minimum Gasteiger partial charge on any atom is -0.497 e. The van der Waals surface area contributed by atoms with E-state index in [0.717, 1.165) is 17.7 Å². The molecule has 0 aromatic heterocycles. The lowest BCUT2D eigenvalue weighted by Gasteiger charge is -2.31. The summed E-state index contributed by atoms with van der Waals surface area (Å²) in [5.41, 5.74) is 1.82. The molecule has 1 heterocycles. The van der Waals surface area contributed by atoms with Crippen LogP contribution in [0.1, 0.15) is 24.0 Å². The van der Waals surface area contributed by atoms with E-state index in [-0.39, 0.29) is 30.0 Å². The maximum absolute atomic E-state index is 13.3. The number of rotatable bonds is 7. The minimum absolute atomic E-state index is 0.0195. The zero-order valence-electron chi connectivity index (χ0n) is 16.7. The van der Waals surface area contributed by atoms with Crippen LogP contribution in [0.4, 0.5) is 4.39 Å². The van der Waals surface area contributed by atoms with E-state index in [0.29, 0.717) is 38.0 Å². The van der Waals surface area contributed by atoms with Crippen LogP contribution in [0.15, 0.2) is 48.5 Å². The molecule has 0 radical (unpaired) electrons. The Morgan fingerprint density at radius 1 is 1.10 bits per heavy atom. The normalized spacial score (nSPS) is 14.5. The highest BCUT2D eigenvalue weighted by atomic mass is 19.1. The second-order valence-corrected chi connectivity index (χ2v) is 7.35. The van der Waals surface area contributed by atoms with Gasteiger partial charge in [0.1, 0.15) is 11.6 Å². The highest BCUT2D eigenvalue weighted by molar-refractivity contribution is 5.81. The molecule has 0 atom stereocenters. The molecule has 0 bridgehead atoms. The second-order valence-electron chi connectivity index (χ2n) is 7.35. The molecule has 6 heteroatoms. The summed E-state index contributed by atoms with van der Waals surface area (Å²) >= 11 is 0. The van der Waals surface area contributed by atoms with E-state index in [4.69, 9.17) is 4.74 Å². The van der Waals surface area contributed by atoms with Crippen molar-refractivity contribution in [1.29, 1.82) is 0 Å². The Hall–Kier alpha value is -2.89. The van der Waals surface area contributed by atoms with Crippen molar-refractivity contribution in [3.05, 3.63) is 65.5 Å². The quantitative estimate of drug-likeness (QED) is 0.780. The number of hydrogen-bond acceptors (Lipinski definition) is 3. The smallest absolute Gasteiger partial charge is 0.226 e. The summed E-state index contributed by atoms with van der Waals surface area (Å²) in [5, 5.41) is 3.00. The molecule has 1 aliphatic rings. The standard InChI is InChI=1S/C23H27FN2O3/c1-29-21-7-5-17(6-8-21)9-12-25-23(28)19-10-13-26(14-11-19)22(27)16-18-3-2-4-20(24)15-18/h2-8,15,19H,9-14,16H2,1H3,(H,25,28). The van der Waals surface area contributed by atoms with Crippen molar-refractivity contribution in [2.45, 2.75) is 25.7 Å². The van der Waals surface area contributed by atoms with Crippen LogP contribution in [0.25, 0.3) is 0 Å². The third kappa shape index (κ3) is 6.04. The summed E-state index contributed by atoms with van der Waals surface area (Å²) in [5.74, 6) is 0.450. The van der Waals surface area contributed by atoms with Crippen LogP contribution < -0.4 is 10.1 Å². The van der Waals surface area contributed by atoms with Gasteiger partial charge in [0.05, 0.1) is 13.5 Å². The predicted molar refractivity (Wildman–Crippen MR) is 109 cm³/mol. The predicted octanol–water partition coefficient (Wildman–Crippen LogP) is 2.97. The van der Waals surface area contributed by atoms with Crippen LogP contribution >= 0.6 is 0 Å². The molecular formula is C23H27FN2O3. The zero-order valence-corrected chi connectivity index (χ0v) is 16.7. The van der Waals surface area contributed by atoms with Gasteiger partial charge in [-0.15, -0.1) is 0 Å². The summed E-state index contributed by atoms with van der Waals surface area (Å²) in [6.45, 7) is 1.71. The Labute approximate surface area is 170 Å². The first-order chi connectivity index (χ1) is 14.0. The number of likely N-dealkylation sites (tertiary alicyclic amines) is 1. The van der Waals surface area contributed by atoms with Crippen LogP contribution in [0, 0.1) is 11.7 Å². The van der Waals surface area contributed by atoms with Gasteiger partial charge in [-0.3, -0.25) is 9.59 Å². The molecule has 0 saturated carbocycles. The molecule has 1 saturated heterocycles. The Balaban J connectivity index is 1.39. The molecular weight excluding hydrogens is 371 g/mol. The number of piperidine rings is 1. The molecule has 0 spiro atoms. The Morgan fingerprint density at radius 2 is 1.83 bits per heavy atom. The molecule has 0 unspecified atom stereocenters. The first-order valence-corrected chi connectivity index (χ1v) is 9.98. The second kappa shape index (κ2) is 10.0. The Kier molecular flexibility index (Phi) is 7.22. The van der Waals surface area contributed by atoms with Gasteiger partial charge in [-0.05, 0) is 54.7 Å². The average Bonchev–Trinajstić information content (AvgIpc) is 2.74. The lowest BCUT2D eigenvalue weighted by molar-refractivity contribution is -0.135. The Morgan fingerprint density at radius 3 is 2.48 bits per heavy atom. The highest BCUT2D eigenvalue weighted by Crippen LogP contribution is 2.19. The van der Waals surface area contributed by atoms with Gasteiger partial charge < -0.3 is 15.0 Å². The Bertz CT molecular complexity index is 830. The van der Waals surface area contributed by atoms with Gasteiger partial charge in [-0.25, -0.2) is 4.39 Å². The van der Waals surface area contributed by atoms with Gasteiger partial charge in [0.15, 0.2) is 0 Å². The molecule has 154 valence electrons. The number of nitrogens with one attached hydrogen (secondary N) is 1. The largest absolute Gasteiger partial charge is 0.497 e. The molecule has 1 fully saturated rings. The summed E-state index contributed by atoms with van der Waals surface area (Å²) in [7, 11) is 1.63. The van der Waals surface area contributed by atoms with Gasteiger partial charge >= 0.3 is 0 Å². The molecule has 2 amide bonds. The number of carbonyl (C=O) groups excluding carboxylic acids is 2. The first kappa shape index (κ1) is 20.8. The van der Waals surface area contributed by atoms with E-state index < -0.39 is 0 Å². The van der Waals surface area contributed by atoms with Crippen LogP contribution in [0.3, 0.4) is 0 Å². The number of ether oxygens (including phenoxy) is 1. The molecule has 5 nitrogen and oxygen atoms in total. The van der Waals surface area contributed by atoms with Gasteiger partial charge in [0.2, 0.25) is 11.8 Å². The number of methoxy groups -OCH3 is 1. The van der Waals surface area contributed by atoms with Crippen molar-refractivity contribution < 1.29 is 18.7 Å². The van der Waals surface area contributed by atoms with E-state index in [2.05, 4.69) is 5.32 Å². The number of benzene rings is 2. The van der Waals surface area contributed by atoms with Crippen LogP contribution in [-0.4, -0.2) is 43.5 Å². The number of amides is 2. The minimum atomic E-state index is -0.333. The highest BCUT2D eigenvalue weighted by Gasteiger charge is 2.27. The van der Waals surface area contributed by atoms with Crippen LogP contribution in [0.5, 0.6) is 5.75 Å². The maximum Gasteiger partial charge on any atom is 0.226 e. The van der Waals surface area contributed by atoms with Crippen LogP contribution in [0.2, 0.25) is 0 Å². The molecule has 1 aliphatic heterocycles. The van der Waals surface area contributed by atoms with Crippen molar-refractivity contribution in [2.24, 2.45) is 5.92 Å². The molecule has 2 aromatic carbocycles. The first-order valence-electron chi connectivity index (χ1n) is 9.98. The molecule has 2 aromatic rings. The third-order valence-electron chi connectivity index (χ3n) is 5.33. The third-order valence-corrected chi connectivity index (χ3v) is 5.33. The zero-order chi connectivity index (χ0) is 20.6. The summed E-state index contributed by atoms with van der Waals surface area (Å²) < 4.78 is 18.4. The van der Waals surface area contributed by atoms with Crippen LogP contribution in [-0.2, 0) is 22.4 Å². The fourth-order valence-electron chi connectivity index (χ4n) is 3.59. The topological polar surface area (TPSA) is 58.6 Å². The molecule has 3 rings (SSSR count). The lowest BCUT2D eigenvalue weighted by Crippen LogP contribution is -2.43. The molecule has 29 heavy (non-hydrogen) atoms. The van der Waals surface area contributed by atoms with Crippen molar-refractivity contribution in [3.63, 3.8) is 0 Å². The number of carbonyl (C=O) groups is 2. The fraction of sp³-hybridized carbons (Fsp3) is 0.391. The van der Waals surface area contributed by atoms with Gasteiger partial charge in [0.25, 0.3) is 0 Å². The maximum atomic E-state index is 13.3. The van der Waals surface area contributed by atoms with E-state index in [1.807, 2.05) is 24.3 Å². The summed E-state index contributed by atoms with van der Waals surface area (Å²) in [4.78, 5) is 26.6. The molecule has 0 aliphatic carbocycles. The number of hydrogen-bond donors (Lipinski definition) is 1. The number of halogens is 1. The van der Waals surface area contributed by atoms with E-state index in [1.54, 1.807) is 24.1 Å². The number of nitrogens with zero attached hydrogens (tertiary/aromatic N) is 1. The van der Waals surface area contributed by atoms with E-state index in [1.165, 1.54) is 12.1 Å². The van der Waals surface area contributed by atoms with E-state index >= 15 is 0 Å². The molecule has 1 N–H and O–H groups in total. The van der Waals surface area contributed by atoms with Crippen molar-refractivity contribution in [2.75, 3.05) is 26.7 Å².